The molecule has 134 valence electrons. The van der Waals surface area contributed by atoms with Crippen molar-refractivity contribution in [2.45, 2.75) is 57.8 Å². The van der Waals surface area contributed by atoms with E-state index in [2.05, 4.69) is 43.4 Å². The molecule has 3 rings (SSSR count). The standard InChI is InChI=1S/C20H31NO3/c1-20(2)10-7-15-5-3-4-6-18(15)19(20)21-13-16(22)14-24-17-8-11-23-12-9-17/h3-6,16-17,19,21-22H,7-14H2,1-2H3/t16-,19+/m0/s1. The van der Waals surface area contributed by atoms with Gasteiger partial charge in [-0.3, -0.25) is 0 Å². The Morgan fingerprint density at radius 1 is 1.29 bits per heavy atom. The Labute approximate surface area is 145 Å². The molecule has 0 spiro atoms. The summed E-state index contributed by atoms with van der Waals surface area (Å²) < 4.78 is 11.2. The fourth-order valence-corrected chi connectivity index (χ4v) is 3.85. The van der Waals surface area contributed by atoms with Crippen LogP contribution in [0.15, 0.2) is 24.3 Å². The van der Waals surface area contributed by atoms with Gasteiger partial charge in [-0.2, -0.15) is 0 Å². The van der Waals surface area contributed by atoms with Crippen LogP contribution in [0.4, 0.5) is 0 Å². The van der Waals surface area contributed by atoms with Gasteiger partial charge in [-0.15, -0.1) is 0 Å². The Morgan fingerprint density at radius 3 is 2.83 bits per heavy atom. The second-order valence-corrected chi connectivity index (χ2v) is 7.83. The zero-order chi connectivity index (χ0) is 17.0. The summed E-state index contributed by atoms with van der Waals surface area (Å²) in [6.45, 7) is 7.12. The van der Waals surface area contributed by atoms with E-state index in [4.69, 9.17) is 9.47 Å². The van der Waals surface area contributed by atoms with Gasteiger partial charge in [0.1, 0.15) is 0 Å². The number of hydrogen-bond acceptors (Lipinski definition) is 4. The largest absolute Gasteiger partial charge is 0.389 e. The van der Waals surface area contributed by atoms with Crippen LogP contribution in [-0.2, 0) is 15.9 Å². The molecule has 1 aromatic carbocycles. The molecule has 2 N–H and O–H groups in total. The molecule has 0 bridgehead atoms. The third-order valence-electron chi connectivity index (χ3n) is 5.44. The highest BCUT2D eigenvalue weighted by atomic mass is 16.5. The van der Waals surface area contributed by atoms with E-state index >= 15 is 0 Å². The molecule has 1 aliphatic carbocycles. The zero-order valence-corrected chi connectivity index (χ0v) is 15.0. The summed E-state index contributed by atoms with van der Waals surface area (Å²) in [5.74, 6) is 0. The lowest BCUT2D eigenvalue weighted by molar-refractivity contribution is -0.0594. The number of aliphatic hydroxyl groups excluding tert-OH is 1. The third kappa shape index (κ3) is 4.37. The molecule has 1 fully saturated rings. The highest BCUT2D eigenvalue weighted by Gasteiger charge is 2.35. The molecule has 24 heavy (non-hydrogen) atoms. The van der Waals surface area contributed by atoms with Crippen LogP contribution in [0.5, 0.6) is 0 Å². The van der Waals surface area contributed by atoms with Crippen LogP contribution in [0.25, 0.3) is 0 Å². The Hall–Kier alpha value is -0.940. The summed E-state index contributed by atoms with van der Waals surface area (Å²) >= 11 is 0. The monoisotopic (exact) mass is 333 g/mol. The maximum Gasteiger partial charge on any atom is 0.0898 e. The summed E-state index contributed by atoms with van der Waals surface area (Å²) in [6.07, 6.45) is 3.93. The van der Waals surface area contributed by atoms with Gasteiger partial charge in [0, 0.05) is 25.8 Å². The first-order valence-corrected chi connectivity index (χ1v) is 9.25. The Balaban J connectivity index is 1.52. The molecule has 0 radical (unpaired) electrons. The fourth-order valence-electron chi connectivity index (χ4n) is 3.85. The van der Waals surface area contributed by atoms with Crippen molar-refractivity contribution in [3.63, 3.8) is 0 Å². The average Bonchev–Trinajstić information content (AvgIpc) is 2.59. The van der Waals surface area contributed by atoms with Crippen molar-refractivity contribution in [1.29, 1.82) is 0 Å². The maximum atomic E-state index is 10.3. The van der Waals surface area contributed by atoms with Gasteiger partial charge in [-0.1, -0.05) is 38.1 Å². The Morgan fingerprint density at radius 2 is 2.04 bits per heavy atom. The number of nitrogens with one attached hydrogen (secondary N) is 1. The van der Waals surface area contributed by atoms with E-state index in [1.807, 2.05) is 0 Å². The smallest absolute Gasteiger partial charge is 0.0898 e. The minimum atomic E-state index is -0.474. The van der Waals surface area contributed by atoms with E-state index in [1.54, 1.807) is 0 Å². The summed E-state index contributed by atoms with van der Waals surface area (Å²) in [5.41, 5.74) is 3.00. The molecule has 2 atom stereocenters. The van der Waals surface area contributed by atoms with Gasteiger partial charge in [0.2, 0.25) is 0 Å². The van der Waals surface area contributed by atoms with Crippen molar-refractivity contribution in [2.75, 3.05) is 26.4 Å². The molecule has 4 heteroatoms. The van der Waals surface area contributed by atoms with Gasteiger partial charge >= 0.3 is 0 Å². The predicted molar refractivity (Wildman–Crippen MR) is 95.1 cm³/mol. The quantitative estimate of drug-likeness (QED) is 0.840. The molecular weight excluding hydrogens is 302 g/mol. The number of ether oxygens (including phenoxy) is 2. The molecule has 0 unspecified atom stereocenters. The van der Waals surface area contributed by atoms with Crippen LogP contribution in [0.1, 0.15) is 50.3 Å². The molecule has 0 saturated carbocycles. The van der Waals surface area contributed by atoms with E-state index in [9.17, 15) is 5.11 Å². The van der Waals surface area contributed by atoms with Crippen LogP contribution in [0, 0.1) is 5.41 Å². The van der Waals surface area contributed by atoms with Crippen LogP contribution in [0.2, 0.25) is 0 Å². The number of hydrogen-bond donors (Lipinski definition) is 2. The van der Waals surface area contributed by atoms with Crippen molar-refractivity contribution >= 4 is 0 Å². The topological polar surface area (TPSA) is 50.7 Å². The van der Waals surface area contributed by atoms with Crippen molar-refractivity contribution in [2.24, 2.45) is 5.41 Å². The van der Waals surface area contributed by atoms with Crippen LogP contribution < -0.4 is 5.32 Å². The van der Waals surface area contributed by atoms with Crippen molar-refractivity contribution in [1.82, 2.24) is 5.32 Å². The first-order valence-electron chi connectivity index (χ1n) is 9.25. The Kier molecular flexibility index (Phi) is 5.93. The van der Waals surface area contributed by atoms with Crippen LogP contribution in [-0.4, -0.2) is 43.7 Å². The first kappa shape index (κ1) is 17.9. The molecule has 2 aliphatic rings. The lowest BCUT2D eigenvalue weighted by Crippen LogP contribution is -2.42. The number of aliphatic hydroxyl groups is 1. The van der Waals surface area contributed by atoms with Gasteiger partial charge in [-0.05, 0) is 42.2 Å². The van der Waals surface area contributed by atoms with Crippen molar-refractivity contribution < 1.29 is 14.6 Å². The van der Waals surface area contributed by atoms with Crippen LogP contribution >= 0.6 is 0 Å². The summed E-state index contributed by atoms with van der Waals surface area (Å²) in [7, 11) is 0. The highest BCUT2D eigenvalue weighted by molar-refractivity contribution is 5.34. The summed E-state index contributed by atoms with van der Waals surface area (Å²) in [6, 6.07) is 8.95. The SMILES string of the molecule is CC1(C)CCc2ccccc2[C@H]1NC[C@H](O)COC1CCOCC1. The number of benzene rings is 1. The predicted octanol–water partition coefficient (Wildman–Crippen LogP) is 2.85. The fraction of sp³-hybridized carbons (Fsp3) is 0.700. The molecule has 1 heterocycles. The van der Waals surface area contributed by atoms with E-state index < -0.39 is 6.10 Å². The number of rotatable bonds is 6. The molecule has 4 nitrogen and oxygen atoms in total. The molecule has 0 amide bonds. The highest BCUT2D eigenvalue weighted by Crippen LogP contribution is 2.43. The van der Waals surface area contributed by atoms with Gasteiger partial charge < -0.3 is 19.9 Å². The van der Waals surface area contributed by atoms with E-state index in [0.29, 0.717) is 13.2 Å². The first-order chi connectivity index (χ1) is 11.6. The molecule has 1 aromatic rings. The van der Waals surface area contributed by atoms with Gasteiger partial charge in [0.25, 0.3) is 0 Å². The summed E-state index contributed by atoms with van der Waals surface area (Å²) in [4.78, 5) is 0. The van der Waals surface area contributed by atoms with Gasteiger partial charge in [0.15, 0.2) is 0 Å². The van der Waals surface area contributed by atoms with Crippen molar-refractivity contribution in [3.05, 3.63) is 35.4 Å². The van der Waals surface area contributed by atoms with Gasteiger partial charge in [0.05, 0.1) is 18.8 Å². The normalized spacial score (nSPS) is 25.2. The third-order valence-corrected chi connectivity index (χ3v) is 5.44. The summed E-state index contributed by atoms with van der Waals surface area (Å²) in [5, 5.41) is 13.9. The number of aryl methyl sites for hydroxylation is 1. The minimum absolute atomic E-state index is 0.190. The average molecular weight is 333 g/mol. The molecular formula is C20H31NO3. The molecule has 1 aliphatic heterocycles. The lowest BCUT2D eigenvalue weighted by atomic mass is 9.70. The number of fused-ring (bicyclic) bond motifs is 1. The van der Waals surface area contributed by atoms with Crippen molar-refractivity contribution in [3.8, 4) is 0 Å². The van der Waals surface area contributed by atoms with Crippen LogP contribution in [0.3, 0.4) is 0 Å². The van der Waals surface area contributed by atoms with E-state index in [0.717, 1.165) is 38.9 Å². The minimum Gasteiger partial charge on any atom is -0.389 e. The van der Waals surface area contributed by atoms with Gasteiger partial charge in [-0.25, -0.2) is 0 Å². The lowest BCUT2D eigenvalue weighted by Gasteiger charge is -2.41. The van der Waals surface area contributed by atoms with E-state index in [-0.39, 0.29) is 17.6 Å². The zero-order valence-electron chi connectivity index (χ0n) is 15.0. The molecule has 0 aromatic heterocycles. The van der Waals surface area contributed by atoms with E-state index in [1.165, 1.54) is 11.1 Å². The second kappa shape index (κ2) is 7.96. The molecule has 1 saturated heterocycles. The maximum absolute atomic E-state index is 10.3. The second-order valence-electron chi connectivity index (χ2n) is 7.83. The Bertz CT molecular complexity index is 525.